The fourth-order valence-electron chi connectivity index (χ4n) is 0.713. The molecule has 0 saturated carbocycles. The van der Waals surface area contributed by atoms with Gasteiger partial charge in [-0.1, -0.05) is 23.1 Å². The number of aromatic nitrogens is 2. The second-order valence-electron chi connectivity index (χ2n) is 2.87. The molecule has 12 heteroatoms. The van der Waals surface area contributed by atoms with Crippen molar-refractivity contribution in [2.24, 2.45) is 0 Å². The summed E-state index contributed by atoms with van der Waals surface area (Å²) in [5.41, 5.74) is 0. The van der Waals surface area contributed by atoms with Crippen LogP contribution in [0.15, 0.2) is 4.34 Å². The van der Waals surface area contributed by atoms with Gasteiger partial charge in [-0.2, -0.15) is 13.2 Å². The Morgan fingerprint density at radius 3 is 2.68 bits per heavy atom. The average molecular weight is 317 g/mol. The minimum absolute atomic E-state index is 0.0833. The zero-order chi connectivity index (χ0) is 14.5. The first kappa shape index (κ1) is 15.5. The molecule has 1 aromatic rings. The van der Waals surface area contributed by atoms with E-state index in [1.54, 1.807) is 0 Å². The number of hydrogen-bond acceptors (Lipinski definition) is 7. The number of halogens is 3. The van der Waals surface area contributed by atoms with Gasteiger partial charge in [0, 0.05) is 0 Å². The van der Waals surface area contributed by atoms with Crippen LogP contribution in [0.1, 0.15) is 0 Å². The number of amides is 1. The summed E-state index contributed by atoms with van der Waals surface area (Å²) in [6.45, 7) is -1.71. The molecule has 0 bridgehead atoms. The van der Waals surface area contributed by atoms with Gasteiger partial charge in [0.15, 0.2) is 10.9 Å². The molecular weight excluding hydrogens is 311 g/mol. The first-order valence-electron chi connectivity index (χ1n) is 4.45. The van der Waals surface area contributed by atoms with Crippen LogP contribution in [0.5, 0.6) is 0 Å². The minimum atomic E-state index is -4.61. The number of hydrogen-bond donors (Lipinski definition) is 2. The van der Waals surface area contributed by atoms with Gasteiger partial charge in [0.05, 0.1) is 5.75 Å². The lowest BCUT2D eigenvalue weighted by molar-refractivity contribution is -0.159. The summed E-state index contributed by atoms with van der Waals surface area (Å²) in [5, 5.41) is 17.2. The van der Waals surface area contributed by atoms with E-state index in [-0.39, 0.29) is 15.2 Å². The van der Waals surface area contributed by atoms with Gasteiger partial charge in [-0.15, -0.1) is 10.2 Å². The van der Waals surface area contributed by atoms with Crippen molar-refractivity contribution < 1.29 is 32.6 Å². The summed E-state index contributed by atoms with van der Waals surface area (Å²) in [4.78, 5) is 21.2. The number of carbonyl (C=O) groups is 2. The summed E-state index contributed by atoms with van der Waals surface area (Å²) in [6, 6.07) is 0. The molecule has 0 aliphatic carbocycles. The van der Waals surface area contributed by atoms with E-state index in [4.69, 9.17) is 5.11 Å². The normalized spacial score (nSPS) is 11.1. The Balaban J connectivity index is 2.40. The van der Waals surface area contributed by atoms with Gasteiger partial charge in [0.1, 0.15) is 0 Å². The highest BCUT2D eigenvalue weighted by atomic mass is 32.2. The molecule has 1 aromatic heterocycles. The highest BCUT2D eigenvalue weighted by molar-refractivity contribution is 8.01. The maximum absolute atomic E-state index is 11.7. The zero-order valence-electron chi connectivity index (χ0n) is 8.93. The fraction of sp³-hybridized carbons (Fsp3) is 0.429. The van der Waals surface area contributed by atoms with Crippen molar-refractivity contribution in [2.75, 3.05) is 17.7 Å². The highest BCUT2D eigenvalue weighted by Gasteiger charge is 2.29. The molecule has 0 aliphatic heterocycles. The summed E-state index contributed by atoms with van der Waals surface area (Å²) in [6.07, 6.45) is -5.93. The van der Waals surface area contributed by atoms with Crippen LogP contribution in [0.3, 0.4) is 0 Å². The molecule has 1 amide bonds. The van der Waals surface area contributed by atoms with Gasteiger partial charge in [-0.05, 0) is 0 Å². The highest BCUT2D eigenvalue weighted by Crippen LogP contribution is 2.25. The Labute approximate surface area is 112 Å². The minimum Gasteiger partial charge on any atom is -0.481 e. The topological polar surface area (TPSA) is 101 Å². The van der Waals surface area contributed by atoms with Crippen LogP contribution < -0.4 is 5.32 Å². The van der Waals surface area contributed by atoms with E-state index in [0.717, 1.165) is 23.1 Å². The first-order chi connectivity index (χ1) is 8.76. The molecule has 19 heavy (non-hydrogen) atoms. The molecule has 0 atom stereocenters. The lowest BCUT2D eigenvalue weighted by Gasteiger charge is -2.06. The van der Waals surface area contributed by atoms with E-state index >= 15 is 0 Å². The van der Waals surface area contributed by atoms with Crippen molar-refractivity contribution in [1.82, 2.24) is 10.2 Å². The number of carboxylic acid groups (broad SMARTS) is 1. The quantitative estimate of drug-likeness (QED) is 0.631. The standard InChI is InChI=1S/C7H6F3N3O4S2/c8-7(9,10)2-17-5(16)11-4-12-13-6(19-4)18-1-3(14)15/h1-2H2,(H,14,15)(H,11,12,16). The molecule has 0 aromatic carbocycles. The third-order valence-electron chi connectivity index (χ3n) is 1.30. The third-order valence-corrected chi connectivity index (χ3v) is 3.26. The number of thioether (sulfide) groups is 1. The van der Waals surface area contributed by atoms with E-state index in [1.165, 1.54) is 0 Å². The van der Waals surface area contributed by atoms with Gasteiger partial charge >= 0.3 is 18.2 Å². The Hall–Kier alpha value is -1.56. The van der Waals surface area contributed by atoms with E-state index < -0.39 is 24.8 Å². The monoisotopic (exact) mass is 317 g/mol. The Kier molecular flexibility index (Phi) is 5.35. The second kappa shape index (κ2) is 6.56. The molecule has 0 spiro atoms. The number of nitrogens with one attached hydrogen (secondary N) is 1. The van der Waals surface area contributed by atoms with Gasteiger partial charge < -0.3 is 9.84 Å². The van der Waals surface area contributed by atoms with Crippen LogP contribution in [0.4, 0.5) is 23.1 Å². The van der Waals surface area contributed by atoms with E-state index in [0.29, 0.717) is 0 Å². The van der Waals surface area contributed by atoms with Crippen molar-refractivity contribution in [2.45, 2.75) is 10.5 Å². The van der Waals surface area contributed by atoms with E-state index in [1.807, 2.05) is 5.32 Å². The Morgan fingerprint density at radius 1 is 1.42 bits per heavy atom. The van der Waals surface area contributed by atoms with Gasteiger partial charge in [0.25, 0.3) is 0 Å². The van der Waals surface area contributed by atoms with Crippen molar-refractivity contribution >= 4 is 40.3 Å². The lowest BCUT2D eigenvalue weighted by atomic mass is 10.7. The van der Waals surface area contributed by atoms with Crippen molar-refractivity contribution in [3.05, 3.63) is 0 Å². The smallest absolute Gasteiger partial charge is 0.422 e. The predicted octanol–water partition coefficient (Wildman–Crippen LogP) is 1.83. The maximum atomic E-state index is 11.7. The molecule has 0 saturated heterocycles. The summed E-state index contributed by atoms with van der Waals surface area (Å²) >= 11 is 1.69. The molecule has 1 rings (SSSR count). The third kappa shape index (κ3) is 6.81. The van der Waals surface area contributed by atoms with Crippen LogP contribution in [0, 0.1) is 0 Å². The molecule has 1 heterocycles. The molecule has 7 nitrogen and oxygen atoms in total. The molecule has 0 unspecified atom stereocenters. The SMILES string of the molecule is O=C(O)CSc1nnc(NC(=O)OCC(F)(F)F)s1. The molecular formula is C7H6F3N3O4S2. The van der Waals surface area contributed by atoms with Crippen molar-refractivity contribution in [3.8, 4) is 0 Å². The lowest BCUT2D eigenvalue weighted by Crippen LogP contribution is -2.23. The molecule has 0 radical (unpaired) electrons. The number of rotatable bonds is 5. The summed E-state index contributed by atoms with van der Waals surface area (Å²) in [5.74, 6) is -1.30. The van der Waals surface area contributed by atoms with Gasteiger partial charge in [0.2, 0.25) is 5.13 Å². The molecule has 2 N–H and O–H groups in total. The van der Waals surface area contributed by atoms with Crippen LogP contribution in [0.25, 0.3) is 0 Å². The first-order valence-corrected chi connectivity index (χ1v) is 6.25. The van der Waals surface area contributed by atoms with Crippen molar-refractivity contribution in [3.63, 3.8) is 0 Å². The average Bonchev–Trinajstić information content (AvgIpc) is 2.70. The number of alkyl halides is 3. The van der Waals surface area contributed by atoms with Gasteiger partial charge in [-0.25, -0.2) is 4.79 Å². The van der Waals surface area contributed by atoms with E-state index in [2.05, 4.69) is 14.9 Å². The number of carbonyl (C=O) groups excluding carboxylic acids is 1. The Bertz CT molecular complexity index is 465. The fourth-order valence-corrected chi connectivity index (χ4v) is 2.17. The second-order valence-corrected chi connectivity index (χ2v) is 5.07. The molecule has 0 fully saturated rings. The Morgan fingerprint density at radius 2 is 2.11 bits per heavy atom. The zero-order valence-corrected chi connectivity index (χ0v) is 10.6. The summed E-state index contributed by atoms with van der Waals surface area (Å²) in [7, 11) is 0. The van der Waals surface area contributed by atoms with E-state index in [9.17, 15) is 22.8 Å². The predicted molar refractivity (Wildman–Crippen MR) is 59.3 cm³/mol. The largest absolute Gasteiger partial charge is 0.481 e. The number of aliphatic carboxylic acids is 1. The number of anilines is 1. The van der Waals surface area contributed by atoms with Crippen LogP contribution in [-0.2, 0) is 9.53 Å². The van der Waals surface area contributed by atoms with Crippen LogP contribution >= 0.6 is 23.1 Å². The van der Waals surface area contributed by atoms with Gasteiger partial charge in [-0.3, -0.25) is 10.1 Å². The van der Waals surface area contributed by atoms with Crippen molar-refractivity contribution in [1.29, 1.82) is 0 Å². The number of ether oxygens (including phenoxy) is 1. The van der Waals surface area contributed by atoms with Crippen LogP contribution in [0.2, 0.25) is 0 Å². The summed E-state index contributed by atoms with van der Waals surface area (Å²) < 4.78 is 39.4. The number of carboxylic acids is 1. The number of nitrogens with zero attached hydrogens (tertiary/aromatic N) is 2. The maximum Gasteiger partial charge on any atom is 0.422 e. The molecule has 106 valence electrons. The molecule has 0 aliphatic rings. The van der Waals surface area contributed by atoms with Crippen LogP contribution in [-0.4, -0.2) is 45.9 Å².